The lowest BCUT2D eigenvalue weighted by Crippen LogP contribution is -2.44. The molecule has 1 N–H and O–H groups in total. The molecule has 94 valence electrons. The van der Waals surface area contributed by atoms with Crippen molar-refractivity contribution in [3.8, 4) is 0 Å². The zero-order valence-electron chi connectivity index (χ0n) is 9.81. The predicted molar refractivity (Wildman–Crippen MR) is 58.1 cm³/mol. The second kappa shape index (κ2) is 5.74. The summed E-state index contributed by atoms with van der Waals surface area (Å²) in [5.74, 6) is 1.17. The fourth-order valence-corrected chi connectivity index (χ4v) is 1.61. The van der Waals surface area contributed by atoms with Crippen LogP contribution in [0, 0.1) is 6.92 Å². The van der Waals surface area contributed by atoms with Gasteiger partial charge in [-0.1, -0.05) is 5.16 Å². The summed E-state index contributed by atoms with van der Waals surface area (Å²) in [4.78, 5) is 17.6. The number of aryl methyl sites for hydroxylation is 1. The molecule has 7 heteroatoms. The molecular weight excluding hydrogens is 224 g/mol. The Kier molecular flexibility index (Phi) is 4.05. The normalized spacial score (nSPS) is 16.2. The average molecular weight is 240 g/mol. The van der Waals surface area contributed by atoms with Gasteiger partial charge in [-0.2, -0.15) is 4.98 Å². The Hall–Kier alpha value is -1.47. The highest BCUT2D eigenvalue weighted by Gasteiger charge is 2.16. The van der Waals surface area contributed by atoms with Crippen LogP contribution in [0.2, 0.25) is 0 Å². The maximum Gasteiger partial charge on any atom is 0.240 e. The lowest BCUT2D eigenvalue weighted by Gasteiger charge is -2.26. The molecule has 2 rings (SSSR count). The molecule has 0 atom stereocenters. The third kappa shape index (κ3) is 3.50. The van der Waals surface area contributed by atoms with Gasteiger partial charge < -0.3 is 14.2 Å². The van der Waals surface area contributed by atoms with Crippen LogP contribution in [0.3, 0.4) is 0 Å². The van der Waals surface area contributed by atoms with Gasteiger partial charge in [-0.15, -0.1) is 0 Å². The smallest absolute Gasteiger partial charge is 0.240 e. The zero-order valence-corrected chi connectivity index (χ0v) is 9.81. The molecule has 0 bridgehead atoms. The van der Waals surface area contributed by atoms with Crippen LogP contribution in [0.15, 0.2) is 4.52 Å². The van der Waals surface area contributed by atoms with Crippen LogP contribution < -0.4 is 5.32 Å². The van der Waals surface area contributed by atoms with Gasteiger partial charge in [0.25, 0.3) is 0 Å². The van der Waals surface area contributed by atoms with Gasteiger partial charge in [0, 0.05) is 13.1 Å². The van der Waals surface area contributed by atoms with E-state index in [1.54, 1.807) is 11.8 Å². The van der Waals surface area contributed by atoms with Crippen LogP contribution in [0.4, 0.5) is 0 Å². The molecule has 0 saturated carbocycles. The first kappa shape index (κ1) is 12.0. The lowest BCUT2D eigenvalue weighted by atomic mass is 10.4. The summed E-state index contributed by atoms with van der Waals surface area (Å²) in [6, 6.07) is 0. The highest BCUT2D eigenvalue weighted by Crippen LogP contribution is 1.98. The summed E-state index contributed by atoms with van der Waals surface area (Å²) >= 11 is 0. The summed E-state index contributed by atoms with van der Waals surface area (Å²) < 4.78 is 10.1. The first-order valence-corrected chi connectivity index (χ1v) is 5.61. The van der Waals surface area contributed by atoms with Crippen molar-refractivity contribution in [2.75, 3.05) is 32.8 Å². The number of nitrogens with zero attached hydrogens (tertiary/aromatic N) is 3. The second-order valence-corrected chi connectivity index (χ2v) is 3.83. The number of hydrogen-bond acceptors (Lipinski definition) is 6. The van der Waals surface area contributed by atoms with E-state index in [1.807, 2.05) is 0 Å². The third-order valence-electron chi connectivity index (χ3n) is 2.49. The number of morpholine rings is 1. The van der Waals surface area contributed by atoms with Crippen molar-refractivity contribution in [1.82, 2.24) is 20.4 Å². The van der Waals surface area contributed by atoms with Crippen molar-refractivity contribution in [3.63, 3.8) is 0 Å². The van der Waals surface area contributed by atoms with E-state index in [0.717, 1.165) is 0 Å². The quantitative estimate of drug-likeness (QED) is 0.751. The molecule has 1 fully saturated rings. The minimum atomic E-state index is 0.0736. The number of nitrogens with one attached hydrogen (secondary N) is 1. The molecule has 1 aromatic heterocycles. The standard InChI is InChI=1S/C10H16N4O3/c1-8-12-9(17-13-8)6-11-7-10(15)14-2-4-16-5-3-14/h11H,2-7H2,1H3. The molecule has 1 saturated heterocycles. The number of ether oxygens (including phenoxy) is 1. The van der Waals surface area contributed by atoms with Crippen molar-refractivity contribution in [2.45, 2.75) is 13.5 Å². The van der Waals surface area contributed by atoms with E-state index < -0.39 is 0 Å². The number of hydrogen-bond donors (Lipinski definition) is 1. The summed E-state index contributed by atoms with van der Waals surface area (Å²) in [7, 11) is 0. The first-order valence-electron chi connectivity index (χ1n) is 5.61. The van der Waals surface area contributed by atoms with E-state index in [4.69, 9.17) is 9.26 Å². The molecule has 0 aliphatic carbocycles. The van der Waals surface area contributed by atoms with Gasteiger partial charge in [0.1, 0.15) is 0 Å². The van der Waals surface area contributed by atoms with Crippen LogP contribution in [0.25, 0.3) is 0 Å². The summed E-state index contributed by atoms with van der Waals surface area (Å²) in [5.41, 5.74) is 0. The molecule has 17 heavy (non-hydrogen) atoms. The van der Waals surface area contributed by atoms with E-state index in [-0.39, 0.29) is 12.5 Å². The molecule has 1 amide bonds. The maximum absolute atomic E-state index is 11.7. The molecule has 0 aromatic carbocycles. The minimum Gasteiger partial charge on any atom is -0.378 e. The monoisotopic (exact) mass is 240 g/mol. The van der Waals surface area contributed by atoms with Crippen LogP contribution in [0.5, 0.6) is 0 Å². The van der Waals surface area contributed by atoms with Crippen LogP contribution in [-0.4, -0.2) is 53.8 Å². The Morgan fingerprint density at radius 1 is 1.47 bits per heavy atom. The topological polar surface area (TPSA) is 80.5 Å². The number of aromatic nitrogens is 2. The molecule has 0 spiro atoms. The average Bonchev–Trinajstić information content (AvgIpc) is 2.76. The second-order valence-electron chi connectivity index (χ2n) is 3.83. The molecule has 7 nitrogen and oxygen atoms in total. The predicted octanol–water partition coefficient (Wildman–Crippen LogP) is -0.674. The molecule has 1 aromatic rings. The fraction of sp³-hybridized carbons (Fsp3) is 0.700. The Labute approximate surface area is 99.1 Å². The highest BCUT2D eigenvalue weighted by atomic mass is 16.5. The van der Waals surface area contributed by atoms with Gasteiger partial charge in [-0.05, 0) is 6.92 Å². The van der Waals surface area contributed by atoms with Gasteiger partial charge >= 0.3 is 0 Å². The molecular formula is C10H16N4O3. The zero-order chi connectivity index (χ0) is 12.1. The highest BCUT2D eigenvalue weighted by molar-refractivity contribution is 5.78. The fourth-order valence-electron chi connectivity index (χ4n) is 1.61. The molecule has 2 heterocycles. The Morgan fingerprint density at radius 3 is 2.88 bits per heavy atom. The van der Waals surface area contributed by atoms with Crippen molar-refractivity contribution < 1.29 is 14.1 Å². The summed E-state index contributed by atoms with van der Waals surface area (Å²) in [6.07, 6.45) is 0. The SMILES string of the molecule is Cc1noc(CNCC(=O)N2CCOCC2)n1. The number of amides is 1. The Balaban J connectivity index is 1.69. The Bertz CT molecular complexity index is 373. The van der Waals surface area contributed by atoms with E-state index in [2.05, 4.69) is 15.5 Å². The van der Waals surface area contributed by atoms with E-state index in [1.165, 1.54) is 0 Å². The van der Waals surface area contributed by atoms with Gasteiger partial charge in [0.05, 0.1) is 26.3 Å². The van der Waals surface area contributed by atoms with Crippen LogP contribution >= 0.6 is 0 Å². The van der Waals surface area contributed by atoms with Crippen molar-refractivity contribution in [2.24, 2.45) is 0 Å². The van der Waals surface area contributed by atoms with Crippen molar-refractivity contribution in [1.29, 1.82) is 0 Å². The number of rotatable bonds is 4. The largest absolute Gasteiger partial charge is 0.378 e. The van der Waals surface area contributed by atoms with Crippen molar-refractivity contribution >= 4 is 5.91 Å². The third-order valence-corrected chi connectivity index (χ3v) is 2.49. The van der Waals surface area contributed by atoms with Crippen molar-refractivity contribution in [3.05, 3.63) is 11.7 Å². The van der Waals surface area contributed by atoms with E-state index in [9.17, 15) is 4.79 Å². The molecule has 1 aliphatic heterocycles. The summed E-state index contributed by atoms with van der Waals surface area (Å²) in [5, 5.41) is 6.65. The van der Waals surface area contributed by atoms with E-state index >= 15 is 0 Å². The number of carbonyl (C=O) groups excluding carboxylic acids is 1. The van der Waals surface area contributed by atoms with E-state index in [0.29, 0.717) is 44.6 Å². The van der Waals surface area contributed by atoms with Gasteiger partial charge in [0.15, 0.2) is 5.82 Å². The lowest BCUT2D eigenvalue weighted by molar-refractivity contribution is -0.134. The molecule has 0 unspecified atom stereocenters. The van der Waals surface area contributed by atoms with Gasteiger partial charge in [0.2, 0.25) is 11.8 Å². The minimum absolute atomic E-state index is 0.0736. The van der Waals surface area contributed by atoms with Crippen LogP contribution in [-0.2, 0) is 16.1 Å². The first-order chi connectivity index (χ1) is 8.25. The number of carbonyl (C=O) groups is 1. The van der Waals surface area contributed by atoms with Crippen LogP contribution in [0.1, 0.15) is 11.7 Å². The summed E-state index contributed by atoms with van der Waals surface area (Å²) in [6.45, 7) is 5.02. The molecule has 1 aliphatic rings. The maximum atomic E-state index is 11.7. The van der Waals surface area contributed by atoms with Gasteiger partial charge in [-0.25, -0.2) is 0 Å². The molecule has 0 radical (unpaired) electrons. The Morgan fingerprint density at radius 2 is 2.24 bits per heavy atom. The van der Waals surface area contributed by atoms with Gasteiger partial charge in [-0.3, -0.25) is 10.1 Å².